The van der Waals surface area contributed by atoms with Crippen molar-refractivity contribution < 1.29 is 9.53 Å². The Bertz CT molecular complexity index is 1190. The van der Waals surface area contributed by atoms with E-state index in [-0.39, 0.29) is 17.2 Å². The third-order valence-corrected chi connectivity index (χ3v) is 8.18. The number of fused-ring (bicyclic) bond motifs is 3. The van der Waals surface area contributed by atoms with Gasteiger partial charge in [0.25, 0.3) is 5.56 Å². The maximum absolute atomic E-state index is 13.8. The predicted molar refractivity (Wildman–Crippen MR) is 125 cm³/mol. The molecule has 0 atom stereocenters. The van der Waals surface area contributed by atoms with E-state index in [0.717, 1.165) is 67.4 Å². The number of ether oxygens (including phenoxy) is 1. The topological polar surface area (TPSA) is 64.4 Å². The fourth-order valence-electron chi connectivity index (χ4n) is 4.49. The molecule has 1 aromatic carbocycles. The number of carbonyl (C=O) groups excluding carboxylic acids is 1. The Balaban J connectivity index is 1.63. The second kappa shape index (κ2) is 8.67. The van der Waals surface area contributed by atoms with Crippen molar-refractivity contribution in [1.82, 2.24) is 14.5 Å². The van der Waals surface area contributed by atoms with E-state index >= 15 is 0 Å². The largest absolute Gasteiger partial charge is 0.495 e. The van der Waals surface area contributed by atoms with Crippen LogP contribution in [-0.4, -0.2) is 46.3 Å². The second-order valence-corrected chi connectivity index (χ2v) is 10.0. The van der Waals surface area contributed by atoms with Gasteiger partial charge in [-0.3, -0.25) is 14.2 Å². The first-order valence-electron chi connectivity index (χ1n) is 10.8. The predicted octanol–water partition coefficient (Wildman–Crippen LogP) is 4.05. The van der Waals surface area contributed by atoms with Gasteiger partial charge in [-0.1, -0.05) is 23.9 Å². The van der Waals surface area contributed by atoms with Crippen molar-refractivity contribution in [2.75, 3.05) is 26.0 Å². The van der Waals surface area contributed by atoms with Gasteiger partial charge in [0.15, 0.2) is 5.16 Å². The first-order chi connectivity index (χ1) is 15.2. The molecule has 1 saturated heterocycles. The lowest BCUT2D eigenvalue weighted by molar-refractivity contribution is -0.127. The fourth-order valence-corrected chi connectivity index (χ4v) is 6.71. The number of nitrogens with zero attached hydrogens (tertiary/aromatic N) is 3. The van der Waals surface area contributed by atoms with Crippen molar-refractivity contribution in [3.63, 3.8) is 0 Å². The van der Waals surface area contributed by atoms with Crippen molar-refractivity contribution in [2.45, 2.75) is 43.7 Å². The average molecular weight is 456 g/mol. The van der Waals surface area contributed by atoms with E-state index in [9.17, 15) is 9.59 Å². The number of benzene rings is 1. The summed E-state index contributed by atoms with van der Waals surface area (Å²) in [7, 11) is 1.60. The number of para-hydroxylation sites is 2. The van der Waals surface area contributed by atoms with Crippen LogP contribution >= 0.6 is 23.1 Å². The Hall–Kier alpha value is -2.32. The van der Waals surface area contributed by atoms with Crippen molar-refractivity contribution >= 4 is 39.2 Å². The summed E-state index contributed by atoms with van der Waals surface area (Å²) in [5.41, 5.74) is 1.76. The van der Waals surface area contributed by atoms with E-state index in [4.69, 9.17) is 9.72 Å². The number of rotatable bonds is 5. The molecule has 0 radical (unpaired) electrons. The van der Waals surface area contributed by atoms with Gasteiger partial charge in [-0.25, -0.2) is 4.98 Å². The van der Waals surface area contributed by atoms with Crippen LogP contribution in [0.3, 0.4) is 0 Å². The molecule has 5 rings (SSSR count). The van der Waals surface area contributed by atoms with Crippen LogP contribution < -0.4 is 10.3 Å². The molecule has 1 aliphatic carbocycles. The second-order valence-electron chi connectivity index (χ2n) is 7.97. The third kappa shape index (κ3) is 3.76. The number of methoxy groups -OCH3 is 1. The number of thioether (sulfide) groups is 1. The summed E-state index contributed by atoms with van der Waals surface area (Å²) in [5.74, 6) is 0.995. The number of aryl methyl sites for hydroxylation is 2. The lowest BCUT2D eigenvalue weighted by atomic mass is 9.97. The summed E-state index contributed by atoms with van der Waals surface area (Å²) in [6.45, 7) is 1.64. The maximum Gasteiger partial charge on any atom is 0.267 e. The maximum atomic E-state index is 13.8. The average Bonchev–Trinajstić information content (AvgIpc) is 3.45. The molecule has 0 saturated carbocycles. The Morgan fingerprint density at radius 3 is 2.74 bits per heavy atom. The quantitative estimate of drug-likeness (QED) is 0.429. The zero-order valence-corrected chi connectivity index (χ0v) is 19.2. The van der Waals surface area contributed by atoms with Gasteiger partial charge in [0.05, 0.1) is 23.9 Å². The van der Waals surface area contributed by atoms with Gasteiger partial charge < -0.3 is 9.64 Å². The minimum absolute atomic E-state index is 0.0648. The molecule has 31 heavy (non-hydrogen) atoms. The summed E-state index contributed by atoms with van der Waals surface area (Å²) in [4.78, 5) is 35.4. The number of hydrogen-bond acceptors (Lipinski definition) is 6. The van der Waals surface area contributed by atoms with Crippen LogP contribution in [0.4, 0.5) is 0 Å². The molecule has 1 aliphatic heterocycles. The SMILES string of the molecule is COc1ccccc1-n1c(SCC(=O)N2CCCC2)nc2sc3c(c2c1=O)CCCC3. The van der Waals surface area contributed by atoms with Crippen LogP contribution in [0.5, 0.6) is 5.75 Å². The molecule has 1 fully saturated rings. The smallest absolute Gasteiger partial charge is 0.267 e. The monoisotopic (exact) mass is 455 g/mol. The van der Waals surface area contributed by atoms with Crippen LogP contribution in [0, 0.1) is 0 Å². The van der Waals surface area contributed by atoms with Crippen LogP contribution in [0.15, 0.2) is 34.2 Å². The lowest BCUT2D eigenvalue weighted by Gasteiger charge is -2.17. The molecular weight excluding hydrogens is 430 g/mol. The molecule has 0 unspecified atom stereocenters. The normalized spacial score (nSPS) is 16.0. The molecule has 1 amide bonds. The number of aromatic nitrogens is 2. The van der Waals surface area contributed by atoms with Gasteiger partial charge >= 0.3 is 0 Å². The Kier molecular flexibility index (Phi) is 5.75. The Morgan fingerprint density at radius 1 is 1.16 bits per heavy atom. The Morgan fingerprint density at radius 2 is 1.94 bits per heavy atom. The number of likely N-dealkylation sites (tertiary alicyclic amines) is 1. The molecule has 8 heteroatoms. The lowest BCUT2D eigenvalue weighted by Crippen LogP contribution is -2.30. The number of amides is 1. The molecule has 2 aromatic heterocycles. The fraction of sp³-hybridized carbons (Fsp3) is 0.435. The van der Waals surface area contributed by atoms with Gasteiger partial charge in [0.2, 0.25) is 5.91 Å². The molecule has 162 valence electrons. The zero-order valence-electron chi connectivity index (χ0n) is 17.6. The standard InChI is InChI=1S/C23H25N3O3S2/c1-29-17-10-4-3-9-16(17)26-22(28)20-15-8-2-5-11-18(15)31-21(20)24-23(26)30-14-19(27)25-12-6-7-13-25/h3-4,9-10H,2,5-8,11-14H2,1H3. The first-order valence-corrected chi connectivity index (χ1v) is 12.6. The highest BCUT2D eigenvalue weighted by Gasteiger charge is 2.25. The molecular formula is C23H25N3O3S2. The van der Waals surface area contributed by atoms with Crippen molar-refractivity contribution in [3.05, 3.63) is 45.1 Å². The highest BCUT2D eigenvalue weighted by Crippen LogP contribution is 2.36. The zero-order chi connectivity index (χ0) is 21.4. The summed E-state index contributed by atoms with van der Waals surface area (Å²) in [6, 6.07) is 7.49. The van der Waals surface area contributed by atoms with Gasteiger partial charge in [-0.2, -0.15) is 0 Å². The molecule has 6 nitrogen and oxygen atoms in total. The number of hydrogen-bond donors (Lipinski definition) is 0. The minimum Gasteiger partial charge on any atom is -0.495 e. The summed E-state index contributed by atoms with van der Waals surface area (Å²) in [5, 5.41) is 1.29. The van der Waals surface area contributed by atoms with E-state index in [0.29, 0.717) is 16.6 Å². The minimum atomic E-state index is -0.0648. The highest BCUT2D eigenvalue weighted by molar-refractivity contribution is 7.99. The van der Waals surface area contributed by atoms with E-state index in [1.807, 2.05) is 29.2 Å². The third-order valence-electron chi connectivity index (χ3n) is 6.07. The van der Waals surface area contributed by atoms with Crippen molar-refractivity contribution in [1.29, 1.82) is 0 Å². The summed E-state index contributed by atoms with van der Waals surface area (Å²) >= 11 is 2.98. The van der Waals surface area contributed by atoms with Gasteiger partial charge in [0, 0.05) is 18.0 Å². The molecule has 0 bridgehead atoms. The summed E-state index contributed by atoms with van der Waals surface area (Å²) < 4.78 is 7.20. The summed E-state index contributed by atoms with van der Waals surface area (Å²) in [6.07, 6.45) is 6.33. The Labute approximate surface area is 189 Å². The van der Waals surface area contributed by atoms with Crippen LogP contribution in [0.25, 0.3) is 15.9 Å². The van der Waals surface area contributed by atoms with Crippen molar-refractivity contribution in [3.8, 4) is 11.4 Å². The highest BCUT2D eigenvalue weighted by atomic mass is 32.2. The molecule has 0 spiro atoms. The van der Waals surface area contributed by atoms with E-state index in [2.05, 4.69) is 0 Å². The van der Waals surface area contributed by atoms with Gasteiger partial charge in [0.1, 0.15) is 10.6 Å². The molecule has 3 aromatic rings. The first kappa shape index (κ1) is 20.6. The van der Waals surface area contributed by atoms with E-state index in [1.165, 1.54) is 16.6 Å². The van der Waals surface area contributed by atoms with E-state index < -0.39 is 0 Å². The van der Waals surface area contributed by atoms with Crippen LogP contribution in [-0.2, 0) is 17.6 Å². The van der Waals surface area contributed by atoms with Crippen LogP contribution in [0.2, 0.25) is 0 Å². The van der Waals surface area contributed by atoms with Gasteiger partial charge in [-0.15, -0.1) is 11.3 Å². The van der Waals surface area contributed by atoms with Gasteiger partial charge in [-0.05, 0) is 56.2 Å². The molecule has 2 aliphatic rings. The molecule has 0 N–H and O–H groups in total. The van der Waals surface area contributed by atoms with Crippen molar-refractivity contribution in [2.24, 2.45) is 0 Å². The van der Waals surface area contributed by atoms with E-state index in [1.54, 1.807) is 23.0 Å². The number of thiophene rings is 1. The van der Waals surface area contributed by atoms with Crippen LogP contribution in [0.1, 0.15) is 36.1 Å². The molecule has 3 heterocycles. The number of carbonyl (C=O) groups is 1.